The summed E-state index contributed by atoms with van der Waals surface area (Å²) in [7, 11) is 0. The van der Waals surface area contributed by atoms with E-state index in [9.17, 15) is 18.0 Å². The minimum absolute atomic E-state index is 0.127. The Morgan fingerprint density at radius 1 is 1.29 bits per heavy atom. The molecule has 0 aromatic heterocycles. The first kappa shape index (κ1) is 15.7. The SMILES string of the molecule is CC(C)(C)c1ccc2c(c1)O[C@H](C(F)(F)F)[C@H](C(=O)O)C2. The van der Waals surface area contributed by atoms with Gasteiger partial charge < -0.3 is 9.84 Å². The number of carbonyl (C=O) groups is 1. The van der Waals surface area contributed by atoms with Gasteiger partial charge in [0.25, 0.3) is 0 Å². The van der Waals surface area contributed by atoms with Gasteiger partial charge in [0.15, 0.2) is 0 Å². The Morgan fingerprint density at radius 3 is 2.38 bits per heavy atom. The third-order valence-corrected chi connectivity index (χ3v) is 3.63. The molecule has 0 amide bonds. The Labute approximate surface area is 120 Å². The van der Waals surface area contributed by atoms with Crippen LogP contribution in [0.5, 0.6) is 5.75 Å². The minimum Gasteiger partial charge on any atom is -0.481 e. The van der Waals surface area contributed by atoms with E-state index < -0.39 is 24.2 Å². The molecular weight excluding hydrogens is 285 g/mol. The number of hydrogen-bond acceptors (Lipinski definition) is 2. The van der Waals surface area contributed by atoms with E-state index in [0.717, 1.165) is 5.56 Å². The van der Waals surface area contributed by atoms with Crippen molar-refractivity contribution in [2.75, 3.05) is 0 Å². The van der Waals surface area contributed by atoms with Crippen molar-refractivity contribution in [2.24, 2.45) is 5.92 Å². The zero-order chi connectivity index (χ0) is 16.0. The monoisotopic (exact) mass is 302 g/mol. The van der Waals surface area contributed by atoms with Gasteiger partial charge in [-0.2, -0.15) is 13.2 Å². The van der Waals surface area contributed by atoms with Gasteiger partial charge in [-0.15, -0.1) is 0 Å². The lowest BCUT2D eigenvalue weighted by atomic mass is 9.84. The summed E-state index contributed by atoms with van der Waals surface area (Å²) in [5.41, 5.74) is 1.11. The third kappa shape index (κ3) is 3.14. The van der Waals surface area contributed by atoms with Crippen LogP contribution in [0, 0.1) is 5.92 Å². The number of aliphatic carboxylic acids is 1. The number of carboxylic acids is 1. The Kier molecular flexibility index (Phi) is 3.68. The maximum atomic E-state index is 13.0. The molecule has 0 bridgehead atoms. The molecule has 1 aliphatic heterocycles. The Balaban J connectivity index is 2.43. The lowest BCUT2D eigenvalue weighted by molar-refractivity contribution is -0.217. The summed E-state index contributed by atoms with van der Waals surface area (Å²) in [5, 5.41) is 9.00. The second-order valence-electron chi connectivity index (χ2n) is 6.30. The number of alkyl halides is 3. The quantitative estimate of drug-likeness (QED) is 0.863. The molecule has 1 heterocycles. The number of carboxylic acid groups (broad SMARTS) is 1. The number of halogens is 3. The van der Waals surface area contributed by atoms with Crippen molar-refractivity contribution < 1.29 is 27.8 Å². The Bertz CT molecular complexity index is 558. The molecule has 116 valence electrons. The first-order valence-corrected chi connectivity index (χ1v) is 6.60. The lowest BCUT2D eigenvalue weighted by Crippen LogP contribution is -2.47. The van der Waals surface area contributed by atoms with E-state index in [1.54, 1.807) is 18.2 Å². The van der Waals surface area contributed by atoms with Crippen molar-refractivity contribution in [2.45, 2.75) is 44.9 Å². The molecule has 2 rings (SSSR count). The highest BCUT2D eigenvalue weighted by Gasteiger charge is 2.52. The molecule has 0 unspecified atom stereocenters. The van der Waals surface area contributed by atoms with E-state index in [4.69, 9.17) is 9.84 Å². The highest BCUT2D eigenvalue weighted by Crippen LogP contribution is 2.40. The smallest absolute Gasteiger partial charge is 0.426 e. The van der Waals surface area contributed by atoms with Gasteiger partial charge in [-0.05, 0) is 29.0 Å². The van der Waals surface area contributed by atoms with Crippen LogP contribution in [0.4, 0.5) is 13.2 Å². The molecule has 1 N–H and O–H groups in total. The fourth-order valence-corrected chi connectivity index (χ4v) is 2.37. The predicted molar refractivity (Wildman–Crippen MR) is 70.4 cm³/mol. The summed E-state index contributed by atoms with van der Waals surface area (Å²) in [6.07, 6.45) is -7.20. The van der Waals surface area contributed by atoms with Crippen LogP contribution in [0.15, 0.2) is 18.2 Å². The first-order chi connectivity index (χ1) is 9.50. The largest absolute Gasteiger partial charge is 0.481 e. The number of rotatable bonds is 1. The number of hydrogen-bond donors (Lipinski definition) is 1. The number of benzene rings is 1. The van der Waals surface area contributed by atoms with Crippen LogP contribution >= 0.6 is 0 Å². The van der Waals surface area contributed by atoms with Gasteiger partial charge in [0, 0.05) is 0 Å². The number of ether oxygens (including phenoxy) is 1. The molecule has 0 saturated carbocycles. The van der Waals surface area contributed by atoms with E-state index >= 15 is 0 Å². The lowest BCUT2D eigenvalue weighted by Gasteiger charge is -2.33. The zero-order valence-electron chi connectivity index (χ0n) is 12.0. The average molecular weight is 302 g/mol. The maximum Gasteiger partial charge on any atom is 0.426 e. The van der Waals surface area contributed by atoms with Crippen LogP contribution in [-0.2, 0) is 16.6 Å². The van der Waals surface area contributed by atoms with Crippen molar-refractivity contribution in [3.05, 3.63) is 29.3 Å². The molecule has 6 heteroatoms. The highest BCUT2D eigenvalue weighted by molar-refractivity contribution is 5.72. The van der Waals surface area contributed by atoms with E-state index in [-0.39, 0.29) is 17.6 Å². The Morgan fingerprint density at radius 2 is 1.90 bits per heavy atom. The van der Waals surface area contributed by atoms with E-state index in [1.807, 2.05) is 20.8 Å². The second kappa shape index (κ2) is 4.93. The zero-order valence-corrected chi connectivity index (χ0v) is 12.0. The van der Waals surface area contributed by atoms with Gasteiger partial charge in [-0.3, -0.25) is 4.79 Å². The summed E-state index contributed by atoms with van der Waals surface area (Å²) in [4.78, 5) is 11.1. The van der Waals surface area contributed by atoms with Gasteiger partial charge in [-0.25, -0.2) is 0 Å². The number of fused-ring (bicyclic) bond motifs is 1. The van der Waals surface area contributed by atoms with Crippen LogP contribution in [0.25, 0.3) is 0 Å². The summed E-state index contributed by atoms with van der Waals surface area (Å²) in [5.74, 6) is -2.98. The van der Waals surface area contributed by atoms with Gasteiger partial charge >= 0.3 is 12.1 Å². The van der Waals surface area contributed by atoms with E-state index in [2.05, 4.69) is 0 Å². The van der Waals surface area contributed by atoms with Crippen LogP contribution < -0.4 is 4.74 Å². The van der Waals surface area contributed by atoms with Crippen LogP contribution in [0.2, 0.25) is 0 Å². The maximum absolute atomic E-state index is 13.0. The molecule has 2 atom stereocenters. The normalized spacial score (nSPS) is 22.4. The van der Waals surface area contributed by atoms with Crippen LogP contribution in [0.3, 0.4) is 0 Å². The molecular formula is C15H17F3O3. The molecule has 3 nitrogen and oxygen atoms in total. The fourth-order valence-electron chi connectivity index (χ4n) is 2.37. The van der Waals surface area contributed by atoms with E-state index in [0.29, 0.717) is 5.56 Å². The van der Waals surface area contributed by atoms with Gasteiger partial charge in [0.1, 0.15) is 11.7 Å². The molecule has 0 spiro atoms. The van der Waals surface area contributed by atoms with Crippen molar-refractivity contribution in [1.29, 1.82) is 0 Å². The van der Waals surface area contributed by atoms with Crippen molar-refractivity contribution >= 4 is 5.97 Å². The van der Waals surface area contributed by atoms with Gasteiger partial charge in [0.2, 0.25) is 6.10 Å². The summed E-state index contributed by atoms with van der Waals surface area (Å²) >= 11 is 0. The average Bonchev–Trinajstić information content (AvgIpc) is 2.34. The summed E-state index contributed by atoms with van der Waals surface area (Å²) in [6, 6.07) is 5.03. The van der Waals surface area contributed by atoms with Crippen molar-refractivity contribution in [1.82, 2.24) is 0 Å². The third-order valence-electron chi connectivity index (χ3n) is 3.63. The Hall–Kier alpha value is -1.72. The predicted octanol–water partition coefficient (Wildman–Crippen LogP) is 3.55. The summed E-state index contributed by atoms with van der Waals surface area (Å²) < 4.78 is 44.0. The molecule has 1 aliphatic rings. The molecule has 0 aliphatic carbocycles. The second-order valence-corrected chi connectivity index (χ2v) is 6.30. The topological polar surface area (TPSA) is 46.5 Å². The molecule has 0 radical (unpaired) electrons. The molecule has 0 fully saturated rings. The minimum atomic E-state index is -4.71. The fraction of sp³-hybridized carbons (Fsp3) is 0.533. The summed E-state index contributed by atoms with van der Waals surface area (Å²) in [6.45, 7) is 5.83. The van der Waals surface area contributed by atoms with E-state index in [1.165, 1.54) is 0 Å². The molecule has 0 saturated heterocycles. The van der Waals surface area contributed by atoms with Crippen LogP contribution in [-0.4, -0.2) is 23.4 Å². The standard InChI is InChI=1S/C15H17F3O3/c1-14(2,3)9-5-4-8-6-10(13(19)20)12(15(16,17)18)21-11(8)7-9/h4-5,7,10,12H,6H2,1-3H3,(H,19,20)/t10-,12+/m1/s1. The van der Waals surface area contributed by atoms with Gasteiger partial charge in [0.05, 0.1) is 0 Å². The van der Waals surface area contributed by atoms with Crippen molar-refractivity contribution in [3.8, 4) is 5.75 Å². The van der Waals surface area contributed by atoms with Crippen LogP contribution in [0.1, 0.15) is 31.9 Å². The van der Waals surface area contributed by atoms with Crippen molar-refractivity contribution in [3.63, 3.8) is 0 Å². The highest BCUT2D eigenvalue weighted by atomic mass is 19.4. The van der Waals surface area contributed by atoms with Gasteiger partial charge in [-0.1, -0.05) is 32.9 Å². The molecule has 1 aromatic carbocycles. The first-order valence-electron chi connectivity index (χ1n) is 6.60. The molecule has 21 heavy (non-hydrogen) atoms. The molecule has 1 aromatic rings.